The van der Waals surface area contributed by atoms with Gasteiger partial charge in [0.25, 0.3) is 0 Å². The zero-order valence-corrected chi connectivity index (χ0v) is 11.9. The summed E-state index contributed by atoms with van der Waals surface area (Å²) in [5, 5.41) is 9.41. The van der Waals surface area contributed by atoms with Crippen LogP contribution in [0.15, 0.2) is 18.2 Å². The minimum Gasteiger partial charge on any atom is -0.497 e. The highest BCUT2D eigenvalue weighted by molar-refractivity contribution is 5.41. The van der Waals surface area contributed by atoms with Crippen molar-refractivity contribution in [1.29, 1.82) is 0 Å². The van der Waals surface area contributed by atoms with Crippen LogP contribution in [0.2, 0.25) is 0 Å². The quantitative estimate of drug-likeness (QED) is 0.904. The molecule has 1 aliphatic heterocycles. The smallest absolute Gasteiger partial charge is 0.127 e. The van der Waals surface area contributed by atoms with Crippen LogP contribution in [0.5, 0.6) is 11.5 Å². The van der Waals surface area contributed by atoms with E-state index in [1.807, 2.05) is 19.1 Å². The lowest BCUT2D eigenvalue weighted by molar-refractivity contribution is 0.128. The molecule has 2 rings (SSSR count). The molecule has 1 heterocycles. The van der Waals surface area contributed by atoms with Crippen molar-refractivity contribution in [2.45, 2.75) is 39.0 Å². The Morgan fingerprint density at radius 1 is 1.53 bits per heavy atom. The van der Waals surface area contributed by atoms with Gasteiger partial charge in [0.15, 0.2) is 0 Å². The van der Waals surface area contributed by atoms with Gasteiger partial charge in [-0.15, -0.1) is 0 Å². The second-order valence-electron chi connectivity index (χ2n) is 5.27. The van der Waals surface area contributed by atoms with Crippen LogP contribution in [0.4, 0.5) is 0 Å². The fourth-order valence-corrected chi connectivity index (χ4v) is 2.37. The van der Waals surface area contributed by atoms with Gasteiger partial charge in [-0.25, -0.2) is 0 Å². The lowest BCUT2D eigenvalue weighted by Crippen LogP contribution is -2.32. The maximum atomic E-state index is 9.41. The Labute approximate surface area is 114 Å². The van der Waals surface area contributed by atoms with E-state index in [2.05, 4.69) is 17.9 Å². The summed E-state index contributed by atoms with van der Waals surface area (Å²) in [7, 11) is 1.66. The van der Waals surface area contributed by atoms with Gasteiger partial charge in [-0.2, -0.15) is 0 Å². The molecule has 0 saturated heterocycles. The van der Waals surface area contributed by atoms with Gasteiger partial charge in [-0.3, -0.25) is 4.90 Å². The van der Waals surface area contributed by atoms with Crippen molar-refractivity contribution < 1.29 is 14.6 Å². The minimum absolute atomic E-state index is 0.141. The summed E-state index contributed by atoms with van der Waals surface area (Å²) in [5.41, 5.74) is 1.18. The van der Waals surface area contributed by atoms with Crippen molar-refractivity contribution in [3.63, 3.8) is 0 Å². The number of fused-ring (bicyclic) bond motifs is 1. The summed E-state index contributed by atoms with van der Waals surface area (Å²) in [6.45, 7) is 6.53. The molecule has 0 fully saturated rings. The van der Waals surface area contributed by atoms with Crippen LogP contribution in [-0.2, 0) is 6.54 Å². The van der Waals surface area contributed by atoms with Crippen LogP contribution in [0.25, 0.3) is 0 Å². The Morgan fingerprint density at radius 3 is 3.00 bits per heavy atom. The van der Waals surface area contributed by atoms with Gasteiger partial charge >= 0.3 is 0 Å². The molecule has 4 heteroatoms. The molecular weight excluding hydrogens is 242 g/mol. The molecule has 0 bridgehead atoms. The molecule has 0 radical (unpaired) electrons. The molecule has 0 aliphatic carbocycles. The summed E-state index contributed by atoms with van der Waals surface area (Å²) >= 11 is 0. The predicted molar refractivity (Wildman–Crippen MR) is 74.7 cm³/mol. The number of rotatable bonds is 4. The summed E-state index contributed by atoms with van der Waals surface area (Å²) in [6, 6.07) is 5.97. The number of benzene rings is 1. The molecule has 0 saturated carbocycles. The van der Waals surface area contributed by atoms with Crippen molar-refractivity contribution in [3.8, 4) is 11.5 Å². The zero-order chi connectivity index (χ0) is 13.8. The standard InChI is InChI=1S/C15H23NO3/c1-11(17)6-7-16-9-12(2)19-15-8-14(18-3)5-4-13(15)10-16/h4-5,8,11-12,17H,6-7,9-10H2,1-3H3. The highest BCUT2D eigenvalue weighted by Crippen LogP contribution is 2.29. The third-order valence-corrected chi connectivity index (χ3v) is 3.37. The molecular formula is C15H23NO3. The van der Waals surface area contributed by atoms with Gasteiger partial charge in [0.2, 0.25) is 0 Å². The van der Waals surface area contributed by atoms with Crippen molar-refractivity contribution in [2.75, 3.05) is 20.2 Å². The van der Waals surface area contributed by atoms with E-state index in [0.29, 0.717) is 0 Å². The van der Waals surface area contributed by atoms with E-state index in [-0.39, 0.29) is 12.2 Å². The number of nitrogens with zero attached hydrogens (tertiary/aromatic N) is 1. The Morgan fingerprint density at radius 2 is 2.32 bits per heavy atom. The maximum absolute atomic E-state index is 9.41. The topological polar surface area (TPSA) is 41.9 Å². The largest absolute Gasteiger partial charge is 0.497 e. The molecule has 2 unspecified atom stereocenters. The monoisotopic (exact) mass is 265 g/mol. The van der Waals surface area contributed by atoms with E-state index in [1.54, 1.807) is 7.11 Å². The highest BCUT2D eigenvalue weighted by atomic mass is 16.5. The van der Waals surface area contributed by atoms with Gasteiger partial charge in [0, 0.05) is 31.3 Å². The molecule has 1 N–H and O–H groups in total. The summed E-state index contributed by atoms with van der Waals surface area (Å²) in [4.78, 5) is 2.33. The highest BCUT2D eigenvalue weighted by Gasteiger charge is 2.20. The number of methoxy groups -OCH3 is 1. The summed E-state index contributed by atoms with van der Waals surface area (Å²) in [6.07, 6.45) is 0.676. The van der Waals surface area contributed by atoms with Gasteiger partial charge in [0.05, 0.1) is 13.2 Å². The predicted octanol–water partition coefficient (Wildman–Crippen LogP) is 2.05. The fourth-order valence-electron chi connectivity index (χ4n) is 2.37. The van der Waals surface area contributed by atoms with Crippen molar-refractivity contribution in [2.24, 2.45) is 0 Å². The fraction of sp³-hybridized carbons (Fsp3) is 0.600. The van der Waals surface area contributed by atoms with Crippen molar-refractivity contribution >= 4 is 0 Å². The van der Waals surface area contributed by atoms with E-state index in [9.17, 15) is 5.11 Å². The molecule has 1 aromatic rings. The van der Waals surface area contributed by atoms with E-state index in [1.165, 1.54) is 5.56 Å². The van der Waals surface area contributed by atoms with E-state index >= 15 is 0 Å². The molecule has 0 aromatic heterocycles. The van der Waals surface area contributed by atoms with Gasteiger partial charge in [-0.1, -0.05) is 6.07 Å². The number of aliphatic hydroxyl groups excluding tert-OH is 1. The second-order valence-corrected chi connectivity index (χ2v) is 5.27. The third-order valence-electron chi connectivity index (χ3n) is 3.37. The molecule has 106 valence electrons. The van der Waals surface area contributed by atoms with E-state index in [0.717, 1.165) is 37.6 Å². The van der Waals surface area contributed by atoms with Gasteiger partial charge < -0.3 is 14.6 Å². The first-order valence-electron chi connectivity index (χ1n) is 6.82. The molecule has 0 amide bonds. The molecule has 1 aliphatic rings. The second kappa shape index (κ2) is 6.26. The average Bonchev–Trinajstić information content (AvgIpc) is 2.52. The molecule has 19 heavy (non-hydrogen) atoms. The SMILES string of the molecule is COc1ccc2c(c1)OC(C)CN(CCC(C)O)C2. The van der Waals surface area contributed by atoms with Crippen LogP contribution in [0.3, 0.4) is 0 Å². The first-order chi connectivity index (χ1) is 9.08. The van der Waals surface area contributed by atoms with Crippen LogP contribution in [-0.4, -0.2) is 42.4 Å². The van der Waals surface area contributed by atoms with E-state index < -0.39 is 0 Å². The first kappa shape index (κ1) is 14.2. The molecule has 4 nitrogen and oxygen atoms in total. The van der Waals surface area contributed by atoms with Gasteiger partial charge in [0.1, 0.15) is 17.6 Å². The normalized spacial score (nSPS) is 21.2. The number of aliphatic hydroxyl groups is 1. The van der Waals surface area contributed by atoms with Crippen LogP contribution in [0, 0.1) is 0 Å². The Bertz CT molecular complexity index is 420. The van der Waals surface area contributed by atoms with Crippen LogP contribution in [0.1, 0.15) is 25.8 Å². The Balaban J connectivity index is 2.12. The van der Waals surface area contributed by atoms with Crippen molar-refractivity contribution in [3.05, 3.63) is 23.8 Å². The molecule has 2 atom stereocenters. The lowest BCUT2D eigenvalue weighted by Gasteiger charge is -2.22. The Kier molecular flexibility index (Phi) is 4.66. The Hall–Kier alpha value is -1.26. The number of hydrogen-bond acceptors (Lipinski definition) is 4. The summed E-state index contributed by atoms with van der Waals surface area (Å²) in [5.74, 6) is 1.73. The average molecular weight is 265 g/mol. The van der Waals surface area contributed by atoms with Crippen molar-refractivity contribution in [1.82, 2.24) is 4.90 Å². The number of ether oxygens (including phenoxy) is 2. The maximum Gasteiger partial charge on any atom is 0.127 e. The molecule has 1 aromatic carbocycles. The van der Waals surface area contributed by atoms with Gasteiger partial charge in [-0.05, 0) is 26.3 Å². The third kappa shape index (κ3) is 3.85. The molecule has 0 spiro atoms. The zero-order valence-electron chi connectivity index (χ0n) is 11.9. The lowest BCUT2D eigenvalue weighted by atomic mass is 10.1. The summed E-state index contributed by atoms with van der Waals surface area (Å²) < 4.78 is 11.2. The van der Waals surface area contributed by atoms with E-state index in [4.69, 9.17) is 9.47 Å². The number of hydrogen-bond donors (Lipinski definition) is 1. The first-order valence-corrected chi connectivity index (χ1v) is 6.82. The van der Waals surface area contributed by atoms with Crippen LogP contribution < -0.4 is 9.47 Å². The minimum atomic E-state index is -0.255. The van der Waals surface area contributed by atoms with Crippen LogP contribution >= 0.6 is 0 Å².